The first-order chi connectivity index (χ1) is 9.21. The van der Waals surface area contributed by atoms with Gasteiger partial charge in [0.15, 0.2) is 0 Å². The highest BCUT2D eigenvalue weighted by Crippen LogP contribution is 2.23. The van der Waals surface area contributed by atoms with Gasteiger partial charge in [-0.15, -0.1) is 0 Å². The van der Waals surface area contributed by atoms with Gasteiger partial charge in [0.25, 0.3) is 0 Å². The predicted octanol–water partition coefficient (Wildman–Crippen LogP) is 2.06. The third kappa shape index (κ3) is 4.52. The van der Waals surface area contributed by atoms with E-state index in [0.29, 0.717) is 0 Å². The molecule has 1 rings (SSSR count). The maximum Gasteiger partial charge on any atom is 0.471 e. The number of nitrogens with one attached hydrogen (secondary N) is 1. The molecule has 0 aliphatic carbocycles. The van der Waals surface area contributed by atoms with Crippen LogP contribution in [0.4, 0.5) is 17.6 Å². The quantitative estimate of drug-likeness (QED) is 0.817. The van der Waals surface area contributed by atoms with E-state index < -0.39 is 42.8 Å². The molecule has 0 aliphatic rings. The summed E-state index contributed by atoms with van der Waals surface area (Å²) in [5.41, 5.74) is -0.0580. The molecule has 0 fully saturated rings. The predicted molar refractivity (Wildman–Crippen MR) is 60.5 cm³/mol. The molecule has 1 aromatic rings. The van der Waals surface area contributed by atoms with Gasteiger partial charge in [0.2, 0.25) is 0 Å². The number of carboxylic acid groups (broad SMARTS) is 1. The first kappa shape index (κ1) is 15.9. The second-order valence-corrected chi connectivity index (χ2v) is 4.02. The minimum atomic E-state index is -5.07. The van der Waals surface area contributed by atoms with Crippen molar-refractivity contribution in [2.24, 2.45) is 0 Å². The van der Waals surface area contributed by atoms with E-state index in [2.05, 4.69) is 0 Å². The van der Waals surface area contributed by atoms with Gasteiger partial charge < -0.3 is 10.4 Å². The Bertz CT molecular complexity index is 502. The van der Waals surface area contributed by atoms with E-state index in [9.17, 15) is 27.2 Å². The minimum Gasteiger partial charge on any atom is -0.481 e. The number of carboxylic acids is 1. The van der Waals surface area contributed by atoms with Gasteiger partial charge in [0.1, 0.15) is 5.82 Å². The Hall–Kier alpha value is -2.12. The van der Waals surface area contributed by atoms with E-state index in [4.69, 9.17) is 5.11 Å². The van der Waals surface area contributed by atoms with Crippen molar-refractivity contribution in [3.05, 3.63) is 35.6 Å². The molecule has 0 aromatic heterocycles. The van der Waals surface area contributed by atoms with Crippen LogP contribution < -0.4 is 5.32 Å². The molecule has 1 atom stereocenters. The van der Waals surface area contributed by atoms with E-state index in [-0.39, 0.29) is 5.56 Å². The fourth-order valence-electron chi connectivity index (χ4n) is 1.63. The summed E-state index contributed by atoms with van der Waals surface area (Å²) in [7, 11) is 0. The van der Waals surface area contributed by atoms with Crippen LogP contribution in [0.5, 0.6) is 0 Å². The highest BCUT2D eigenvalue weighted by molar-refractivity contribution is 5.81. The number of alkyl halides is 3. The highest BCUT2D eigenvalue weighted by atomic mass is 19.4. The molecular weight excluding hydrogens is 282 g/mol. The van der Waals surface area contributed by atoms with Gasteiger partial charge in [-0.1, -0.05) is 18.2 Å². The highest BCUT2D eigenvalue weighted by Gasteiger charge is 2.38. The molecule has 8 heteroatoms. The van der Waals surface area contributed by atoms with Crippen molar-refractivity contribution in [2.75, 3.05) is 6.54 Å². The third-order valence-corrected chi connectivity index (χ3v) is 2.53. The van der Waals surface area contributed by atoms with Gasteiger partial charge in [-0.05, 0) is 11.6 Å². The van der Waals surface area contributed by atoms with E-state index >= 15 is 0 Å². The van der Waals surface area contributed by atoms with Crippen molar-refractivity contribution in [1.82, 2.24) is 5.32 Å². The number of rotatable bonds is 5. The van der Waals surface area contributed by atoms with E-state index in [1.54, 1.807) is 5.32 Å². The van der Waals surface area contributed by atoms with E-state index in [0.717, 1.165) is 6.07 Å². The summed E-state index contributed by atoms with van der Waals surface area (Å²) in [4.78, 5) is 21.4. The lowest BCUT2D eigenvalue weighted by molar-refractivity contribution is -0.173. The topological polar surface area (TPSA) is 66.4 Å². The SMILES string of the molecule is O=C(O)CC(CNC(=O)C(F)(F)F)c1ccccc1F. The van der Waals surface area contributed by atoms with Crippen molar-refractivity contribution in [3.63, 3.8) is 0 Å². The standard InChI is InChI=1S/C12H11F4NO3/c13-9-4-2-1-3-8(9)7(5-10(18)19)6-17-11(20)12(14,15)16/h1-4,7H,5-6H2,(H,17,20)(H,18,19). The Morgan fingerprint density at radius 2 is 1.85 bits per heavy atom. The van der Waals surface area contributed by atoms with Gasteiger partial charge in [0, 0.05) is 12.5 Å². The van der Waals surface area contributed by atoms with Crippen LogP contribution >= 0.6 is 0 Å². The smallest absolute Gasteiger partial charge is 0.471 e. The number of benzene rings is 1. The van der Waals surface area contributed by atoms with Crippen molar-refractivity contribution in [1.29, 1.82) is 0 Å². The average Bonchev–Trinajstić information content (AvgIpc) is 2.33. The fraction of sp³-hybridized carbons (Fsp3) is 0.333. The molecule has 110 valence electrons. The number of carbonyl (C=O) groups is 2. The van der Waals surface area contributed by atoms with Crippen LogP contribution in [0.15, 0.2) is 24.3 Å². The number of halogens is 4. The molecule has 20 heavy (non-hydrogen) atoms. The zero-order chi connectivity index (χ0) is 15.3. The van der Waals surface area contributed by atoms with Gasteiger partial charge in [0.05, 0.1) is 6.42 Å². The lowest BCUT2D eigenvalue weighted by Gasteiger charge is -2.17. The van der Waals surface area contributed by atoms with Gasteiger partial charge in [-0.3, -0.25) is 9.59 Å². The van der Waals surface area contributed by atoms with Crippen LogP contribution in [0.25, 0.3) is 0 Å². The Kier molecular flexibility index (Phi) is 5.06. The van der Waals surface area contributed by atoms with Crippen LogP contribution in [-0.4, -0.2) is 29.7 Å². The molecule has 0 bridgehead atoms. The summed E-state index contributed by atoms with van der Waals surface area (Å²) in [6.07, 6.45) is -5.66. The normalized spacial score (nSPS) is 12.8. The molecular formula is C12H11F4NO3. The third-order valence-electron chi connectivity index (χ3n) is 2.53. The maximum absolute atomic E-state index is 13.5. The Morgan fingerprint density at radius 1 is 1.25 bits per heavy atom. The molecule has 1 aromatic carbocycles. The number of aliphatic carboxylic acids is 1. The van der Waals surface area contributed by atoms with Crippen molar-refractivity contribution < 1.29 is 32.3 Å². The van der Waals surface area contributed by atoms with Gasteiger partial charge >= 0.3 is 18.1 Å². The first-order valence-corrected chi connectivity index (χ1v) is 5.53. The molecule has 0 spiro atoms. The molecule has 4 nitrogen and oxygen atoms in total. The Morgan fingerprint density at radius 3 is 2.35 bits per heavy atom. The second kappa shape index (κ2) is 6.36. The second-order valence-electron chi connectivity index (χ2n) is 4.02. The summed E-state index contributed by atoms with van der Waals surface area (Å²) >= 11 is 0. The lowest BCUT2D eigenvalue weighted by Crippen LogP contribution is -2.39. The van der Waals surface area contributed by atoms with Gasteiger partial charge in [-0.25, -0.2) is 4.39 Å². The van der Waals surface area contributed by atoms with Crippen LogP contribution in [-0.2, 0) is 9.59 Å². The van der Waals surface area contributed by atoms with E-state index in [1.807, 2.05) is 0 Å². The monoisotopic (exact) mass is 293 g/mol. The number of hydrogen-bond acceptors (Lipinski definition) is 2. The molecule has 0 aliphatic heterocycles. The zero-order valence-electron chi connectivity index (χ0n) is 10.1. The van der Waals surface area contributed by atoms with Crippen molar-refractivity contribution >= 4 is 11.9 Å². The van der Waals surface area contributed by atoms with Crippen molar-refractivity contribution in [2.45, 2.75) is 18.5 Å². The minimum absolute atomic E-state index is 0.0580. The molecule has 0 saturated carbocycles. The summed E-state index contributed by atoms with van der Waals surface area (Å²) in [6.45, 7) is -0.619. The first-order valence-electron chi connectivity index (χ1n) is 5.53. The number of hydrogen-bond donors (Lipinski definition) is 2. The maximum atomic E-state index is 13.5. The largest absolute Gasteiger partial charge is 0.481 e. The zero-order valence-corrected chi connectivity index (χ0v) is 10.1. The van der Waals surface area contributed by atoms with Gasteiger partial charge in [-0.2, -0.15) is 13.2 Å². The Labute approximate surface area is 111 Å². The summed E-state index contributed by atoms with van der Waals surface area (Å²) in [5, 5.41) is 10.3. The van der Waals surface area contributed by atoms with Crippen LogP contribution in [0, 0.1) is 5.82 Å². The van der Waals surface area contributed by atoms with Crippen molar-refractivity contribution in [3.8, 4) is 0 Å². The molecule has 0 radical (unpaired) electrons. The summed E-state index contributed by atoms with van der Waals surface area (Å²) < 4.78 is 49.6. The Balaban J connectivity index is 2.84. The number of amides is 1. The summed E-state index contributed by atoms with van der Waals surface area (Å²) in [6, 6.07) is 5.13. The number of carbonyl (C=O) groups excluding carboxylic acids is 1. The van der Waals surface area contributed by atoms with Crippen LogP contribution in [0.2, 0.25) is 0 Å². The lowest BCUT2D eigenvalue weighted by atomic mass is 9.95. The van der Waals surface area contributed by atoms with E-state index in [1.165, 1.54) is 18.2 Å². The molecule has 2 N–H and O–H groups in total. The molecule has 0 heterocycles. The summed E-state index contributed by atoms with van der Waals surface area (Å²) in [5.74, 6) is -5.32. The molecule has 1 unspecified atom stereocenters. The average molecular weight is 293 g/mol. The molecule has 0 saturated heterocycles. The fourth-order valence-corrected chi connectivity index (χ4v) is 1.63. The van der Waals surface area contributed by atoms with Crippen LogP contribution in [0.1, 0.15) is 17.9 Å². The molecule has 1 amide bonds. The van der Waals surface area contributed by atoms with Crippen LogP contribution in [0.3, 0.4) is 0 Å².